The second-order valence-electron chi connectivity index (χ2n) is 10.2. The van der Waals surface area contributed by atoms with Crippen LogP contribution >= 0.6 is 11.8 Å². The van der Waals surface area contributed by atoms with E-state index in [2.05, 4.69) is 15.3 Å². The first-order chi connectivity index (χ1) is 21.0. The molecule has 3 aromatic carbocycles. The summed E-state index contributed by atoms with van der Waals surface area (Å²) < 4.78 is 12.9. The van der Waals surface area contributed by atoms with Crippen molar-refractivity contribution in [2.24, 2.45) is 0 Å². The van der Waals surface area contributed by atoms with Crippen LogP contribution in [0.5, 0.6) is 0 Å². The van der Waals surface area contributed by atoms with Gasteiger partial charge in [0.2, 0.25) is 5.91 Å². The lowest BCUT2D eigenvalue weighted by atomic mass is 9.99. The molecule has 9 nitrogen and oxygen atoms in total. The van der Waals surface area contributed by atoms with Gasteiger partial charge < -0.3 is 25.0 Å². The molecule has 1 aliphatic heterocycles. The van der Waals surface area contributed by atoms with Crippen LogP contribution in [0.25, 0.3) is 11.1 Å². The summed E-state index contributed by atoms with van der Waals surface area (Å²) in [5.74, 6) is -0.611. The van der Waals surface area contributed by atoms with Crippen LogP contribution in [0.4, 0.5) is 0 Å². The largest absolute Gasteiger partial charge is 0.481 e. The molecule has 222 valence electrons. The third kappa shape index (κ3) is 8.71. The number of ether oxygens (including phenoxy) is 2. The van der Waals surface area contributed by atoms with E-state index in [-0.39, 0.29) is 37.6 Å². The van der Waals surface area contributed by atoms with Crippen LogP contribution in [0, 0.1) is 0 Å². The van der Waals surface area contributed by atoms with Crippen molar-refractivity contribution in [1.82, 2.24) is 15.3 Å². The van der Waals surface area contributed by atoms with Crippen LogP contribution in [0.3, 0.4) is 0 Å². The van der Waals surface area contributed by atoms with Gasteiger partial charge >= 0.3 is 5.97 Å². The van der Waals surface area contributed by atoms with E-state index in [9.17, 15) is 14.7 Å². The van der Waals surface area contributed by atoms with Crippen molar-refractivity contribution in [3.8, 4) is 11.1 Å². The van der Waals surface area contributed by atoms with E-state index in [1.807, 2.05) is 72.8 Å². The van der Waals surface area contributed by atoms with Gasteiger partial charge in [-0.3, -0.25) is 9.59 Å². The van der Waals surface area contributed by atoms with Gasteiger partial charge in [0.25, 0.3) is 0 Å². The van der Waals surface area contributed by atoms with Crippen molar-refractivity contribution in [2.75, 3.05) is 5.75 Å². The highest BCUT2D eigenvalue weighted by Gasteiger charge is 2.32. The van der Waals surface area contributed by atoms with Gasteiger partial charge in [0.05, 0.1) is 25.2 Å². The zero-order valence-corrected chi connectivity index (χ0v) is 24.3. The topological polar surface area (TPSA) is 131 Å². The summed E-state index contributed by atoms with van der Waals surface area (Å²) >= 11 is 1.55. The Balaban J connectivity index is 1.28. The van der Waals surface area contributed by atoms with Crippen LogP contribution in [-0.2, 0) is 32.2 Å². The lowest BCUT2D eigenvalue weighted by molar-refractivity contribution is -0.245. The summed E-state index contributed by atoms with van der Waals surface area (Å²) in [6, 6.07) is 25.5. The Morgan fingerprint density at radius 2 is 1.60 bits per heavy atom. The van der Waals surface area contributed by atoms with E-state index in [0.29, 0.717) is 23.9 Å². The number of carboxylic acid groups (broad SMARTS) is 1. The van der Waals surface area contributed by atoms with Crippen molar-refractivity contribution >= 4 is 23.6 Å². The van der Waals surface area contributed by atoms with Crippen molar-refractivity contribution in [2.45, 2.75) is 56.1 Å². The minimum Gasteiger partial charge on any atom is -0.481 e. The first-order valence-electron chi connectivity index (χ1n) is 14.0. The summed E-state index contributed by atoms with van der Waals surface area (Å²) in [7, 11) is 0. The zero-order chi connectivity index (χ0) is 30.0. The Morgan fingerprint density at radius 1 is 0.860 bits per heavy atom. The highest BCUT2D eigenvalue weighted by atomic mass is 32.2. The lowest BCUT2D eigenvalue weighted by Gasteiger charge is -2.36. The quantitative estimate of drug-likeness (QED) is 0.144. The molecular weight excluding hydrogens is 566 g/mol. The van der Waals surface area contributed by atoms with Gasteiger partial charge in [0.1, 0.15) is 0 Å². The fraction of sp³-hybridized carbons (Fsp3) is 0.273. The molecule has 4 aromatic rings. The molecule has 1 aliphatic rings. The number of nitrogens with one attached hydrogen (secondary N) is 1. The van der Waals surface area contributed by atoms with Crippen molar-refractivity contribution in [3.63, 3.8) is 0 Å². The third-order valence-electron chi connectivity index (χ3n) is 7.05. The Labute approximate surface area is 254 Å². The van der Waals surface area contributed by atoms with E-state index in [1.165, 1.54) is 0 Å². The molecule has 1 saturated heterocycles. The van der Waals surface area contributed by atoms with Gasteiger partial charge in [0, 0.05) is 43.1 Å². The number of thioether (sulfide) groups is 1. The molecule has 1 amide bonds. The minimum atomic E-state index is -0.993. The molecule has 0 aliphatic carbocycles. The number of aliphatic hydroxyl groups is 1. The average molecular weight is 600 g/mol. The number of hydrogen-bond donors (Lipinski definition) is 3. The van der Waals surface area contributed by atoms with Crippen molar-refractivity contribution in [1.29, 1.82) is 0 Å². The van der Waals surface area contributed by atoms with Gasteiger partial charge in [-0.25, -0.2) is 9.97 Å². The lowest BCUT2D eigenvalue weighted by Crippen LogP contribution is -2.31. The van der Waals surface area contributed by atoms with Gasteiger partial charge in [-0.2, -0.15) is 0 Å². The molecule has 5 rings (SSSR count). The highest BCUT2D eigenvalue weighted by Crippen LogP contribution is 2.39. The molecule has 2 heterocycles. The molecule has 0 radical (unpaired) electrons. The predicted octanol–water partition coefficient (Wildman–Crippen LogP) is 5.45. The van der Waals surface area contributed by atoms with E-state index in [4.69, 9.17) is 14.6 Å². The van der Waals surface area contributed by atoms with Crippen LogP contribution in [0.2, 0.25) is 0 Å². The molecule has 0 unspecified atom stereocenters. The molecule has 0 spiro atoms. The average Bonchev–Trinajstić information content (AvgIpc) is 3.06. The molecule has 0 saturated carbocycles. The van der Waals surface area contributed by atoms with E-state index in [1.54, 1.807) is 30.2 Å². The van der Waals surface area contributed by atoms with Gasteiger partial charge in [0.15, 0.2) is 11.4 Å². The molecule has 0 bridgehead atoms. The first-order valence-corrected chi connectivity index (χ1v) is 15.0. The Bertz CT molecular complexity index is 1500. The normalized spacial score (nSPS) is 18.2. The molecule has 1 aromatic heterocycles. The Hall–Kier alpha value is -4.09. The standard InChI is InChI=1S/C33H33N3O6S/c37-20-22-5-7-25(8-6-22)29-18-28(21-43-33-34-15-2-16-35-33)41-32(42-29)26-11-9-24(10-12-26)27-4-1-3-23(17-27)19-36-30(38)13-14-31(39)40/h1-12,15-17,28-29,32,37H,13-14,18-21H2,(H,36,38)(H,39,40)/t28-,29+,32+/m0/s1. The van der Waals surface area contributed by atoms with Crippen LogP contribution < -0.4 is 5.32 Å². The number of rotatable bonds is 12. The monoisotopic (exact) mass is 599 g/mol. The number of aliphatic hydroxyl groups excluding tert-OH is 1. The maximum atomic E-state index is 11.9. The summed E-state index contributed by atoms with van der Waals surface area (Å²) in [5, 5.41) is 21.7. The number of carboxylic acids is 1. The first kappa shape index (κ1) is 30.4. The van der Waals surface area contributed by atoms with E-state index in [0.717, 1.165) is 33.4 Å². The third-order valence-corrected chi connectivity index (χ3v) is 8.06. The fourth-order valence-corrected chi connectivity index (χ4v) is 5.57. The van der Waals surface area contributed by atoms with E-state index < -0.39 is 12.3 Å². The molecule has 3 atom stereocenters. The second kappa shape index (κ2) is 14.9. The highest BCUT2D eigenvalue weighted by molar-refractivity contribution is 7.99. The number of carbonyl (C=O) groups excluding carboxylic acids is 1. The zero-order valence-electron chi connectivity index (χ0n) is 23.5. The SMILES string of the molecule is O=C(O)CCC(=O)NCc1cccc(-c2ccc([C@@H]3O[C@H](CSc4ncccn4)C[C@H](c4ccc(CO)cc4)O3)cc2)c1. The summed E-state index contributed by atoms with van der Waals surface area (Å²) in [6.07, 6.45) is 3.04. The molecule has 3 N–H and O–H groups in total. The van der Waals surface area contributed by atoms with Gasteiger partial charge in [-0.05, 0) is 39.9 Å². The fourth-order valence-electron chi connectivity index (χ4n) is 4.75. The smallest absolute Gasteiger partial charge is 0.303 e. The number of benzene rings is 3. The summed E-state index contributed by atoms with van der Waals surface area (Å²) in [6.45, 7) is 0.312. The molecular formula is C33H33N3O6S. The van der Waals surface area contributed by atoms with Crippen LogP contribution in [0.1, 0.15) is 53.9 Å². The molecule has 10 heteroatoms. The number of amides is 1. The maximum Gasteiger partial charge on any atom is 0.303 e. The Kier molecular flexibility index (Phi) is 10.5. The van der Waals surface area contributed by atoms with Crippen molar-refractivity contribution < 1.29 is 29.3 Å². The van der Waals surface area contributed by atoms with Gasteiger partial charge in [-0.1, -0.05) is 78.5 Å². The molecule has 43 heavy (non-hydrogen) atoms. The Morgan fingerprint density at radius 3 is 2.33 bits per heavy atom. The number of nitrogens with zero attached hydrogens (tertiary/aromatic N) is 2. The van der Waals surface area contributed by atoms with Crippen molar-refractivity contribution in [3.05, 3.63) is 114 Å². The number of aliphatic carboxylic acids is 1. The van der Waals surface area contributed by atoms with Gasteiger partial charge in [-0.15, -0.1) is 0 Å². The van der Waals surface area contributed by atoms with Crippen LogP contribution in [0.15, 0.2) is 96.4 Å². The van der Waals surface area contributed by atoms with Crippen LogP contribution in [-0.4, -0.2) is 43.9 Å². The second-order valence-corrected chi connectivity index (χ2v) is 11.2. The molecule has 1 fully saturated rings. The predicted molar refractivity (Wildman–Crippen MR) is 162 cm³/mol. The number of hydrogen-bond acceptors (Lipinski definition) is 8. The number of aromatic nitrogens is 2. The summed E-state index contributed by atoms with van der Waals surface area (Å²) in [5.41, 5.74) is 5.69. The summed E-state index contributed by atoms with van der Waals surface area (Å²) in [4.78, 5) is 31.3. The van der Waals surface area contributed by atoms with E-state index >= 15 is 0 Å². The maximum absolute atomic E-state index is 11.9. The number of carbonyl (C=O) groups is 2. The minimum absolute atomic E-state index is 0.00936.